The van der Waals surface area contributed by atoms with Crippen LogP contribution in [-0.2, 0) is 9.59 Å². The molecule has 116 valence electrons. The van der Waals surface area contributed by atoms with Crippen LogP contribution in [0.25, 0.3) is 0 Å². The summed E-state index contributed by atoms with van der Waals surface area (Å²) in [6.45, 7) is 3.51. The summed E-state index contributed by atoms with van der Waals surface area (Å²) in [6.07, 6.45) is 6.95. The number of aliphatic carboxylic acids is 1. The molecule has 20 heavy (non-hydrogen) atoms. The van der Waals surface area contributed by atoms with Gasteiger partial charge in [0.1, 0.15) is 5.54 Å². The minimum atomic E-state index is -1.16. The van der Waals surface area contributed by atoms with E-state index in [4.69, 9.17) is 0 Å². The second-order valence-corrected chi connectivity index (χ2v) is 6.20. The van der Waals surface area contributed by atoms with E-state index in [1.165, 1.54) is 6.42 Å². The normalized spacial score (nSPS) is 20.9. The lowest BCUT2D eigenvalue weighted by atomic mass is 9.79. The van der Waals surface area contributed by atoms with Crippen molar-refractivity contribution in [3.8, 4) is 0 Å². The van der Waals surface area contributed by atoms with E-state index in [9.17, 15) is 14.7 Å². The van der Waals surface area contributed by atoms with E-state index in [2.05, 4.69) is 10.6 Å². The summed E-state index contributed by atoms with van der Waals surface area (Å²) in [7, 11) is 1.89. The topological polar surface area (TPSA) is 78.4 Å². The first-order valence-electron chi connectivity index (χ1n) is 7.61. The van der Waals surface area contributed by atoms with Crippen molar-refractivity contribution in [1.82, 2.24) is 10.6 Å². The highest BCUT2D eigenvalue weighted by Crippen LogP contribution is 2.31. The number of rotatable bonds is 7. The second kappa shape index (κ2) is 7.07. The molecule has 0 heterocycles. The number of carboxylic acids is 1. The SMILES string of the molecule is CCCC(C)(NC(=O)CC1(NC)CCCCC1)C(=O)O. The van der Waals surface area contributed by atoms with Crippen molar-refractivity contribution in [2.45, 2.75) is 76.3 Å². The molecular weight excluding hydrogens is 256 g/mol. The van der Waals surface area contributed by atoms with Crippen molar-refractivity contribution in [1.29, 1.82) is 0 Å². The number of hydrogen-bond acceptors (Lipinski definition) is 3. The molecule has 1 amide bonds. The Morgan fingerprint density at radius 3 is 2.30 bits per heavy atom. The summed E-state index contributed by atoms with van der Waals surface area (Å²) in [4.78, 5) is 23.6. The molecule has 0 aromatic carbocycles. The fraction of sp³-hybridized carbons (Fsp3) is 0.867. The average Bonchev–Trinajstić information content (AvgIpc) is 2.39. The van der Waals surface area contributed by atoms with Crippen molar-refractivity contribution in [3.05, 3.63) is 0 Å². The van der Waals surface area contributed by atoms with Gasteiger partial charge in [-0.1, -0.05) is 32.6 Å². The quantitative estimate of drug-likeness (QED) is 0.668. The highest BCUT2D eigenvalue weighted by Gasteiger charge is 2.37. The lowest BCUT2D eigenvalue weighted by Crippen LogP contribution is -2.55. The zero-order chi connectivity index (χ0) is 15.2. The van der Waals surface area contributed by atoms with Gasteiger partial charge >= 0.3 is 5.97 Å². The predicted octanol–water partition coefficient (Wildman–Crippen LogP) is 2.06. The van der Waals surface area contributed by atoms with Crippen LogP contribution in [0.2, 0.25) is 0 Å². The molecule has 0 saturated heterocycles. The molecule has 1 unspecified atom stereocenters. The third-order valence-corrected chi connectivity index (χ3v) is 4.48. The summed E-state index contributed by atoms with van der Waals surface area (Å²) in [6, 6.07) is 0. The van der Waals surface area contributed by atoms with Gasteiger partial charge in [-0.05, 0) is 33.2 Å². The molecule has 0 aliphatic heterocycles. The minimum Gasteiger partial charge on any atom is -0.480 e. The maximum absolute atomic E-state index is 12.3. The molecule has 5 nitrogen and oxygen atoms in total. The lowest BCUT2D eigenvalue weighted by Gasteiger charge is -2.37. The largest absolute Gasteiger partial charge is 0.480 e. The molecule has 1 atom stereocenters. The van der Waals surface area contributed by atoms with E-state index in [1.54, 1.807) is 6.92 Å². The summed E-state index contributed by atoms with van der Waals surface area (Å²) in [5.74, 6) is -1.13. The molecule has 0 radical (unpaired) electrons. The number of hydrogen-bond donors (Lipinski definition) is 3. The van der Waals surface area contributed by atoms with Gasteiger partial charge in [-0.25, -0.2) is 4.79 Å². The predicted molar refractivity (Wildman–Crippen MR) is 78.6 cm³/mol. The average molecular weight is 284 g/mol. The number of carboxylic acid groups (broad SMARTS) is 1. The maximum atomic E-state index is 12.3. The molecule has 0 bridgehead atoms. The highest BCUT2D eigenvalue weighted by molar-refractivity contribution is 5.87. The first-order valence-corrected chi connectivity index (χ1v) is 7.61. The van der Waals surface area contributed by atoms with Crippen LogP contribution in [0.1, 0.15) is 65.2 Å². The Morgan fingerprint density at radius 1 is 1.25 bits per heavy atom. The Balaban J connectivity index is 2.67. The Kier molecular flexibility index (Phi) is 5.99. The van der Waals surface area contributed by atoms with Gasteiger partial charge in [0.2, 0.25) is 5.91 Å². The van der Waals surface area contributed by atoms with E-state index in [-0.39, 0.29) is 11.4 Å². The fourth-order valence-electron chi connectivity index (χ4n) is 3.13. The summed E-state index contributed by atoms with van der Waals surface area (Å²) in [5.41, 5.74) is -1.32. The van der Waals surface area contributed by atoms with Crippen molar-refractivity contribution >= 4 is 11.9 Å². The van der Waals surface area contributed by atoms with E-state index in [0.29, 0.717) is 12.8 Å². The van der Waals surface area contributed by atoms with Crippen LogP contribution in [0.15, 0.2) is 0 Å². The minimum absolute atomic E-state index is 0.159. The number of carbonyl (C=O) groups excluding carboxylic acids is 1. The first kappa shape index (κ1) is 17.0. The molecule has 5 heteroatoms. The van der Waals surface area contributed by atoms with Crippen LogP contribution in [-0.4, -0.2) is 35.1 Å². The third-order valence-electron chi connectivity index (χ3n) is 4.48. The fourth-order valence-corrected chi connectivity index (χ4v) is 3.13. The molecule has 1 saturated carbocycles. The van der Waals surface area contributed by atoms with Gasteiger partial charge in [0.15, 0.2) is 0 Å². The molecule has 1 aliphatic carbocycles. The van der Waals surface area contributed by atoms with E-state index < -0.39 is 11.5 Å². The number of nitrogens with one attached hydrogen (secondary N) is 2. The maximum Gasteiger partial charge on any atom is 0.329 e. The van der Waals surface area contributed by atoms with Gasteiger partial charge < -0.3 is 15.7 Å². The van der Waals surface area contributed by atoms with Crippen LogP contribution in [0.3, 0.4) is 0 Å². The van der Waals surface area contributed by atoms with Gasteiger partial charge in [0, 0.05) is 12.0 Å². The number of carbonyl (C=O) groups is 2. The third kappa shape index (κ3) is 4.20. The smallest absolute Gasteiger partial charge is 0.329 e. The molecule has 1 aliphatic rings. The van der Waals surface area contributed by atoms with Crippen molar-refractivity contribution in [3.63, 3.8) is 0 Å². The lowest BCUT2D eigenvalue weighted by molar-refractivity contribution is -0.147. The second-order valence-electron chi connectivity index (χ2n) is 6.20. The molecule has 0 aromatic heterocycles. The summed E-state index contributed by atoms with van der Waals surface area (Å²) < 4.78 is 0. The molecule has 3 N–H and O–H groups in total. The molecule has 1 rings (SSSR count). The van der Waals surface area contributed by atoms with Crippen LogP contribution >= 0.6 is 0 Å². The Labute approximate surface area is 121 Å². The monoisotopic (exact) mass is 284 g/mol. The summed E-state index contributed by atoms with van der Waals surface area (Å²) in [5, 5.41) is 15.3. The van der Waals surface area contributed by atoms with E-state index >= 15 is 0 Å². The zero-order valence-electron chi connectivity index (χ0n) is 12.9. The highest BCUT2D eigenvalue weighted by atomic mass is 16.4. The van der Waals surface area contributed by atoms with E-state index in [0.717, 1.165) is 32.1 Å². The molecule has 1 fully saturated rings. The van der Waals surface area contributed by atoms with Crippen molar-refractivity contribution < 1.29 is 14.7 Å². The Bertz CT molecular complexity index is 351. The standard InChI is InChI=1S/C15H28N2O3/c1-4-8-14(2,13(19)20)17-12(18)11-15(16-3)9-6-5-7-10-15/h16H,4-11H2,1-3H3,(H,17,18)(H,19,20). The van der Waals surface area contributed by atoms with Crippen LogP contribution in [0.5, 0.6) is 0 Å². The van der Waals surface area contributed by atoms with Gasteiger partial charge in [-0.3, -0.25) is 4.79 Å². The van der Waals surface area contributed by atoms with Gasteiger partial charge in [0.25, 0.3) is 0 Å². The van der Waals surface area contributed by atoms with Gasteiger partial charge in [-0.15, -0.1) is 0 Å². The first-order chi connectivity index (χ1) is 9.37. The molecular formula is C15H28N2O3. The summed E-state index contributed by atoms with van der Waals surface area (Å²) >= 11 is 0. The zero-order valence-corrected chi connectivity index (χ0v) is 12.9. The van der Waals surface area contributed by atoms with Crippen molar-refractivity contribution in [2.24, 2.45) is 0 Å². The Morgan fingerprint density at radius 2 is 1.85 bits per heavy atom. The Hall–Kier alpha value is -1.10. The van der Waals surface area contributed by atoms with E-state index in [1.807, 2.05) is 14.0 Å². The van der Waals surface area contributed by atoms with Gasteiger partial charge in [0.05, 0.1) is 0 Å². The number of amides is 1. The van der Waals surface area contributed by atoms with Crippen LogP contribution in [0, 0.1) is 0 Å². The molecule has 0 aromatic rings. The van der Waals surface area contributed by atoms with Gasteiger partial charge in [-0.2, -0.15) is 0 Å². The van der Waals surface area contributed by atoms with Crippen molar-refractivity contribution in [2.75, 3.05) is 7.05 Å². The van der Waals surface area contributed by atoms with Crippen LogP contribution in [0.4, 0.5) is 0 Å². The van der Waals surface area contributed by atoms with Crippen LogP contribution < -0.4 is 10.6 Å². The molecule has 0 spiro atoms.